The van der Waals surface area contributed by atoms with Crippen molar-refractivity contribution >= 4 is 5.82 Å². The lowest BCUT2D eigenvalue weighted by molar-refractivity contribution is 0.581. The van der Waals surface area contributed by atoms with E-state index in [2.05, 4.69) is 9.97 Å². The Bertz CT molecular complexity index is 223. The van der Waals surface area contributed by atoms with Gasteiger partial charge < -0.3 is 5.73 Å². The molecule has 0 saturated carbocycles. The van der Waals surface area contributed by atoms with Crippen LogP contribution in [0, 0.1) is 12.9 Å². The van der Waals surface area contributed by atoms with Crippen molar-refractivity contribution < 1.29 is 4.39 Å². The molecule has 0 aliphatic rings. The first-order valence-electron chi connectivity index (χ1n) is 2.45. The van der Waals surface area contributed by atoms with Gasteiger partial charge in [-0.1, -0.05) is 0 Å². The first-order chi connectivity index (χ1) is 4.20. The van der Waals surface area contributed by atoms with E-state index in [0.29, 0.717) is 5.69 Å². The Morgan fingerprint density at radius 3 is 2.78 bits per heavy atom. The summed E-state index contributed by atoms with van der Waals surface area (Å²) in [6.45, 7) is 1.70. The minimum absolute atomic E-state index is 0.144. The second-order valence-electron chi connectivity index (χ2n) is 1.69. The number of rotatable bonds is 0. The molecule has 0 radical (unpaired) electrons. The molecule has 0 spiro atoms. The van der Waals surface area contributed by atoms with E-state index < -0.39 is 5.95 Å². The smallest absolute Gasteiger partial charge is 0.255 e. The molecular weight excluding hydrogens is 121 g/mol. The number of aryl methyl sites for hydroxylation is 1. The zero-order chi connectivity index (χ0) is 6.85. The molecule has 0 aliphatic heterocycles. The molecule has 4 heteroatoms. The highest BCUT2D eigenvalue weighted by Gasteiger charge is 1.97. The van der Waals surface area contributed by atoms with E-state index in [9.17, 15) is 4.39 Å². The van der Waals surface area contributed by atoms with Crippen molar-refractivity contribution in [3.8, 4) is 0 Å². The van der Waals surface area contributed by atoms with Gasteiger partial charge in [-0.3, -0.25) is 0 Å². The third kappa shape index (κ3) is 1.13. The maximum atomic E-state index is 12.2. The van der Waals surface area contributed by atoms with Crippen LogP contribution in [0.1, 0.15) is 5.69 Å². The molecule has 0 aromatic carbocycles. The summed E-state index contributed by atoms with van der Waals surface area (Å²) in [5, 5.41) is 0. The third-order valence-corrected chi connectivity index (χ3v) is 0.873. The third-order valence-electron chi connectivity index (χ3n) is 0.873. The zero-order valence-electron chi connectivity index (χ0n) is 4.93. The Balaban J connectivity index is 3.17. The lowest BCUT2D eigenvalue weighted by atomic mass is 10.5. The normalized spacial score (nSPS) is 9.56. The van der Waals surface area contributed by atoms with Crippen molar-refractivity contribution in [2.75, 3.05) is 5.73 Å². The molecule has 1 rings (SSSR count). The van der Waals surface area contributed by atoms with E-state index in [1.807, 2.05) is 0 Å². The predicted molar refractivity (Wildman–Crippen MR) is 31.1 cm³/mol. The number of hydrogen-bond acceptors (Lipinski definition) is 3. The number of anilines is 1. The fourth-order valence-corrected chi connectivity index (χ4v) is 0.481. The van der Waals surface area contributed by atoms with Gasteiger partial charge in [0.25, 0.3) is 5.95 Å². The quantitative estimate of drug-likeness (QED) is 0.552. The average Bonchev–Trinajstić information content (AvgIpc) is 1.80. The van der Waals surface area contributed by atoms with Crippen LogP contribution in [0.4, 0.5) is 10.2 Å². The largest absolute Gasteiger partial charge is 0.380 e. The fraction of sp³-hybridized carbons (Fsp3) is 0.200. The number of nitrogen functional groups attached to an aromatic ring is 1. The standard InChI is InChI=1S/C5H6FN3/c1-3-2-8-4(6)5(7)9-3/h2H,1H3,(H2,7,9). The molecule has 0 bridgehead atoms. The zero-order valence-corrected chi connectivity index (χ0v) is 4.93. The second kappa shape index (κ2) is 1.97. The molecule has 0 aliphatic carbocycles. The van der Waals surface area contributed by atoms with Crippen LogP contribution >= 0.6 is 0 Å². The summed E-state index contributed by atoms with van der Waals surface area (Å²) in [5.74, 6) is -0.851. The Morgan fingerprint density at radius 2 is 2.33 bits per heavy atom. The van der Waals surface area contributed by atoms with Gasteiger partial charge in [-0.15, -0.1) is 0 Å². The minimum Gasteiger partial charge on any atom is -0.380 e. The van der Waals surface area contributed by atoms with Crippen LogP contribution in [0.5, 0.6) is 0 Å². The molecule has 48 valence electrons. The van der Waals surface area contributed by atoms with Gasteiger partial charge in [-0.05, 0) is 6.92 Å². The maximum Gasteiger partial charge on any atom is 0.255 e. The molecule has 0 fully saturated rings. The number of nitrogens with zero attached hydrogens (tertiary/aromatic N) is 2. The Labute approximate surface area is 51.7 Å². The van der Waals surface area contributed by atoms with E-state index >= 15 is 0 Å². The number of halogens is 1. The van der Waals surface area contributed by atoms with E-state index in [1.54, 1.807) is 6.92 Å². The summed E-state index contributed by atoms with van der Waals surface area (Å²) in [6, 6.07) is 0. The molecule has 9 heavy (non-hydrogen) atoms. The summed E-state index contributed by atoms with van der Waals surface area (Å²) < 4.78 is 12.2. The molecule has 3 nitrogen and oxygen atoms in total. The van der Waals surface area contributed by atoms with Gasteiger partial charge in [0, 0.05) is 0 Å². The van der Waals surface area contributed by atoms with Crippen LogP contribution in [-0.2, 0) is 0 Å². The highest BCUT2D eigenvalue weighted by Crippen LogP contribution is 2.01. The highest BCUT2D eigenvalue weighted by molar-refractivity contribution is 5.25. The summed E-state index contributed by atoms with van der Waals surface area (Å²) in [7, 11) is 0. The molecule has 0 atom stereocenters. The predicted octanol–water partition coefficient (Wildman–Crippen LogP) is 0.506. The summed E-state index contributed by atoms with van der Waals surface area (Å²) in [5.41, 5.74) is 5.69. The van der Waals surface area contributed by atoms with Gasteiger partial charge in [-0.2, -0.15) is 4.39 Å². The van der Waals surface area contributed by atoms with Crippen molar-refractivity contribution in [1.29, 1.82) is 0 Å². The summed E-state index contributed by atoms with van der Waals surface area (Å²) in [6.07, 6.45) is 1.33. The number of nitrogens with two attached hydrogens (primary N) is 1. The summed E-state index contributed by atoms with van der Waals surface area (Å²) in [4.78, 5) is 6.94. The van der Waals surface area contributed by atoms with Gasteiger partial charge >= 0.3 is 0 Å². The molecule has 0 saturated heterocycles. The van der Waals surface area contributed by atoms with Gasteiger partial charge in [-0.25, -0.2) is 9.97 Å². The Kier molecular flexibility index (Phi) is 1.30. The second-order valence-corrected chi connectivity index (χ2v) is 1.69. The lowest BCUT2D eigenvalue weighted by Gasteiger charge is -1.93. The molecular formula is C5H6FN3. The minimum atomic E-state index is -0.708. The topological polar surface area (TPSA) is 51.8 Å². The Hall–Kier alpha value is -1.19. The fourth-order valence-electron chi connectivity index (χ4n) is 0.481. The lowest BCUT2D eigenvalue weighted by Crippen LogP contribution is -1.98. The van der Waals surface area contributed by atoms with E-state index in [-0.39, 0.29) is 5.82 Å². The van der Waals surface area contributed by atoms with Crippen LogP contribution in [0.25, 0.3) is 0 Å². The SMILES string of the molecule is Cc1cnc(F)c(N)n1. The van der Waals surface area contributed by atoms with Crippen LogP contribution in [0.3, 0.4) is 0 Å². The maximum absolute atomic E-state index is 12.2. The van der Waals surface area contributed by atoms with Crippen molar-refractivity contribution in [2.45, 2.75) is 6.92 Å². The van der Waals surface area contributed by atoms with Gasteiger partial charge in [0.05, 0.1) is 11.9 Å². The molecule has 0 unspecified atom stereocenters. The number of aromatic nitrogens is 2. The molecule has 1 aromatic rings. The van der Waals surface area contributed by atoms with Crippen molar-refractivity contribution in [3.63, 3.8) is 0 Å². The molecule has 2 N–H and O–H groups in total. The van der Waals surface area contributed by atoms with Crippen molar-refractivity contribution in [1.82, 2.24) is 9.97 Å². The van der Waals surface area contributed by atoms with E-state index in [0.717, 1.165) is 0 Å². The van der Waals surface area contributed by atoms with Crippen LogP contribution < -0.4 is 5.73 Å². The van der Waals surface area contributed by atoms with Crippen LogP contribution in [-0.4, -0.2) is 9.97 Å². The average molecular weight is 127 g/mol. The van der Waals surface area contributed by atoms with E-state index in [4.69, 9.17) is 5.73 Å². The van der Waals surface area contributed by atoms with Crippen molar-refractivity contribution in [2.24, 2.45) is 0 Å². The van der Waals surface area contributed by atoms with Crippen LogP contribution in [0.15, 0.2) is 6.20 Å². The Morgan fingerprint density at radius 1 is 1.67 bits per heavy atom. The molecule has 0 amide bonds. The first-order valence-corrected chi connectivity index (χ1v) is 2.45. The van der Waals surface area contributed by atoms with Gasteiger partial charge in [0.15, 0.2) is 5.82 Å². The highest BCUT2D eigenvalue weighted by atomic mass is 19.1. The van der Waals surface area contributed by atoms with Crippen LogP contribution in [0.2, 0.25) is 0 Å². The van der Waals surface area contributed by atoms with Crippen molar-refractivity contribution in [3.05, 3.63) is 17.8 Å². The monoisotopic (exact) mass is 127 g/mol. The van der Waals surface area contributed by atoms with Gasteiger partial charge in [0.1, 0.15) is 0 Å². The van der Waals surface area contributed by atoms with Gasteiger partial charge in [0.2, 0.25) is 0 Å². The number of hydrogen-bond donors (Lipinski definition) is 1. The van der Waals surface area contributed by atoms with E-state index in [1.165, 1.54) is 6.20 Å². The molecule has 1 heterocycles. The first kappa shape index (κ1) is 5.94. The molecule has 1 aromatic heterocycles. The summed E-state index contributed by atoms with van der Waals surface area (Å²) >= 11 is 0.